The average Bonchev–Trinajstić information content (AvgIpc) is 3.10. The summed E-state index contributed by atoms with van der Waals surface area (Å²) in [7, 11) is 2.18. The lowest BCUT2D eigenvalue weighted by Gasteiger charge is -2.36. The molecule has 0 spiro atoms. The van der Waals surface area contributed by atoms with E-state index in [-0.39, 0.29) is 0 Å². The van der Waals surface area contributed by atoms with E-state index >= 15 is 0 Å². The number of benzene rings is 1. The second kappa shape index (κ2) is 8.13. The van der Waals surface area contributed by atoms with Gasteiger partial charge in [0, 0.05) is 31.1 Å². The number of rotatable bonds is 5. The molecule has 5 rings (SSSR count). The van der Waals surface area contributed by atoms with Crippen molar-refractivity contribution in [3.8, 4) is 5.75 Å². The minimum atomic E-state index is -0.423. The molecule has 1 aliphatic heterocycles. The van der Waals surface area contributed by atoms with Crippen molar-refractivity contribution >= 4 is 27.8 Å². The van der Waals surface area contributed by atoms with Gasteiger partial charge in [-0.05, 0) is 57.7 Å². The fourth-order valence-electron chi connectivity index (χ4n) is 4.26. The van der Waals surface area contributed by atoms with Crippen molar-refractivity contribution in [1.29, 1.82) is 0 Å². The van der Waals surface area contributed by atoms with Crippen molar-refractivity contribution in [1.82, 2.24) is 9.88 Å². The summed E-state index contributed by atoms with van der Waals surface area (Å²) in [5, 5.41) is 14.6. The van der Waals surface area contributed by atoms with Crippen molar-refractivity contribution in [2.45, 2.75) is 50.7 Å². The monoisotopic (exact) mass is 414 g/mol. The molecule has 0 radical (unpaired) electrons. The van der Waals surface area contributed by atoms with Crippen LogP contribution in [-0.4, -0.2) is 54.3 Å². The van der Waals surface area contributed by atoms with Crippen LogP contribution in [0.4, 0.5) is 16.5 Å². The van der Waals surface area contributed by atoms with Crippen molar-refractivity contribution < 1.29 is 9.84 Å². The molecule has 156 valence electrons. The number of aryl methyl sites for hydroxylation is 1. The number of likely N-dealkylation sites (N-methyl/N-ethyl adjacent to an activating group) is 1. The number of nitrogens with zero attached hydrogens (tertiary/aromatic N) is 3. The number of aliphatic hydroxyl groups excluding tert-OH is 1. The Morgan fingerprint density at radius 3 is 2.69 bits per heavy atom. The molecule has 0 bridgehead atoms. The van der Waals surface area contributed by atoms with E-state index in [9.17, 15) is 5.11 Å². The first-order valence-electron chi connectivity index (χ1n) is 10.9. The molecule has 2 heterocycles. The van der Waals surface area contributed by atoms with Crippen LogP contribution in [-0.2, 0) is 6.42 Å². The first kappa shape index (κ1) is 19.2. The first-order valence-corrected chi connectivity index (χ1v) is 11.7. The number of hydrogen-bond acceptors (Lipinski definition) is 7. The zero-order valence-electron chi connectivity index (χ0n) is 17.1. The summed E-state index contributed by atoms with van der Waals surface area (Å²) in [6.07, 6.45) is 6.27. The van der Waals surface area contributed by atoms with Crippen LogP contribution >= 0.6 is 11.3 Å². The molecule has 1 atom stereocenters. The van der Waals surface area contributed by atoms with Gasteiger partial charge in [-0.1, -0.05) is 6.07 Å². The van der Waals surface area contributed by atoms with E-state index in [1.807, 2.05) is 0 Å². The molecule has 3 aliphatic rings. The van der Waals surface area contributed by atoms with Crippen LogP contribution in [0, 0.1) is 0 Å². The Bertz CT molecular complexity index is 858. The average molecular weight is 415 g/mol. The second-order valence-electron chi connectivity index (χ2n) is 8.48. The summed E-state index contributed by atoms with van der Waals surface area (Å²) in [4.78, 5) is 10.7. The molecule has 1 aromatic heterocycles. The molecule has 2 fully saturated rings. The molecule has 0 amide bonds. The molecule has 2 N–H and O–H groups in total. The van der Waals surface area contributed by atoms with Crippen LogP contribution in [0.2, 0.25) is 0 Å². The topological polar surface area (TPSA) is 60.9 Å². The van der Waals surface area contributed by atoms with Crippen LogP contribution in [0.15, 0.2) is 18.2 Å². The molecule has 1 saturated heterocycles. The van der Waals surface area contributed by atoms with Crippen LogP contribution in [0.25, 0.3) is 0 Å². The summed E-state index contributed by atoms with van der Waals surface area (Å²) >= 11 is 1.66. The van der Waals surface area contributed by atoms with E-state index in [2.05, 4.69) is 40.4 Å². The maximum absolute atomic E-state index is 10.3. The molecule has 1 saturated carbocycles. The van der Waals surface area contributed by atoms with E-state index < -0.39 is 6.10 Å². The SMILES string of the molecule is CN1CCN(c2cccc(Nc3nc4c(s3)CCCC4O)c2OC2CCC2)CC1. The highest BCUT2D eigenvalue weighted by Crippen LogP contribution is 2.42. The lowest BCUT2D eigenvalue weighted by molar-refractivity contribution is 0.121. The predicted molar refractivity (Wildman–Crippen MR) is 118 cm³/mol. The number of nitrogens with one attached hydrogen (secondary N) is 1. The zero-order chi connectivity index (χ0) is 19.8. The highest BCUT2D eigenvalue weighted by atomic mass is 32.1. The first-order chi connectivity index (χ1) is 14.2. The maximum Gasteiger partial charge on any atom is 0.187 e. The Labute approximate surface area is 176 Å². The molecular weight excluding hydrogens is 384 g/mol. The number of anilines is 3. The van der Waals surface area contributed by atoms with Gasteiger partial charge in [0.15, 0.2) is 10.9 Å². The fraction of sp³-hybridized carbons (Fsp3) is 0.591. The number of ether oxygens (including phenoxy) is 1. The van der Waals surface area contributed by atoms with Gasteiger partial charge in [-0.2, -0.15) is 0 Å². The standard InChI is InChI=1S/C22H30N4O2S/c1-25-11-13-26(14-12-25)17-8-3-7-16(21(17)28-15-5-2-6-15)23-22-24-20-18(27)9-4-10-19(20)29-22/h3,7-8,15,18,27H,2,4-6,9-14H2,1H3,(H,23,24). The smallest absolute Gasteiger partial charge is 0.187 e. The number of para-hydroxylation sites is 1. The second-order valence-corrected chi connectivity index (χ2v) is 9.56. The number of aliphatic hydroxyl groups is 1. The van der Waals surface area contributed by atoms with Gasteiger partial charge in [-0.3, -0.25) is 0 Å². The Hall–Kier alpha value is -1.83. The minimum Gasteiger partial charge on any atom is -0.486 e. The van der Waals surface area contributed by atoms with Crippen molar-refractivity contribution in [3.05, 3.63) is 28.8 Å². The predicted octanol–water partition coefficient (Wildman–Crippen LogP) is 3.94. The van der Waals surface area contributed by atoms with Gasteiger partial charge < -0.3 is 25.0 Å². The largest absolute Gasteiger partial charge is 0.486 e. The summed E-state index contributed by atoms with van der Waals surface area (Å²) < 4.78 is 6.50. The van der Waals surface area contributed by atoms with Crippen molar-refractivity contribution in [2.75, 3.05) is 43.4 Å². The lowest BCUT2D eigenvalue weighted by atomic mass is 9.96. The molecule has 1 aromatic carbocycles. The van der Waals surface area contributed by atoms with Gasteiger partial charge in [0.05, 0.1) is 29.3 Å². The third-order valence-corrected chi connectivity index (χ3v) is 7.39. The Morgan fingerprint density at radius 2 is 1.97 bits per heavy atom. The quantitative estimate of drug-likeness (QED) is 0.773. The highest BCUT2D eigenvalue weighted by Gasteiger charge is 2.27. The van der Waals surface area contributed by atoms with Crippen LogP contribution in [0.5, 0.6) is 5.75 Å². The Morgan fingerprint density at radius 1 is 1.14 bits per heavy atom. The Kier molecular flexibility index (Phi) is 5.37. The lowest BCUT2D eigenvalue weighted by Crippen LogP contribution is -2.44. The summed E-state index contributed by atoms with van der Waals surface area (Å²) in [5.74, 6) is 0.954. The van der Waals surface area contributed by atoms with Crippen LogP contribution in [0.3, 0.4) is 0 Å². The number of thiazole rings is 1. The van der Waals surface area contributed by atoms with E-state index in [1.54, 1.807) is 11.3 Å². The maximum atomic E-state index is 10.3. The molecule has 29 heavy (non-hydrogen) atoms. The molecule has 7 heteroatoms. The highest BCUT2D eigenvalue weighted by molar-refractivity contribution is 7.15. The molecule has 2 aliphatic carbocycles. The van der Waals surface area contributed by atoms with Gasteiger partial charge in [0.25, 0.3) is 0 Å². The van der Waals surface area contributed by atoms with Gasteiger partial charge in [0.2, 0.25) is 0 Å². The van der Waals surface area contributed by atoms with Gasteiger partial charge >= 0.3 is 0 Å². The van der Waals surface area contributed by atoms with Gasteiger partial charge in [-0.15, -0.1) is 11.3 Å². The number of fused-ring (bicyclic) bond motifs is 1. The Balaban J connectivity index is 1.44. The molecule has 2 aromatic rings. The van der Waals surface area contributed by atoms with Gasteiger partial charge in [-0.25, -0.2) is 4.98 Å². The number of aromatic nitrogens is 1. The molecule has 1 unspecified atom stereocenters. The number of piperazine rings is 1. The van der Waals surface area contributed by atoms with E-state index in [1.165, 1.54) is 17.0 Å². The third-order valence-electron chi connectivity index (χ3n) is 6.34. The fourth-order valence-corrected chi connectivity index (χ4v) is 5.33. The van der Waals surface area contributed by atoms with E-state index in [0.717, 1.165) is 80.5 Å². The molecule has 6 nitrogen and oxygen atoms in total. The normalized spacial score (nSPS) is 22.8. The summed E-state index contributed by atoms with van der Waals surface area (Å²) in [6.45, 7) is 4.16. The van der Waals surface area contributed by atoms with Gasteiger partial charge in [0.1, 0.15) is 0 Å². The van der Waals surface area contributed by atoms with Crippen molar-refractivity contribution in [2.24, 2.45) is 0 Å². The summed E-state index contributed by atoms with van der Waals surface area (Å²) in [5.41, 5.74) is 3.02. The van der Waals surface area contributed by atoms with E-state index in [4.69, 9.17) is 9.72 Å². The number of hydrogen-bond donors (Lipinski definition) is 2. The van der Waals surface area contributed by atoms with Crippen molar-refractivity contribution in [3.63, 3.8) is 0 Å². The third kappa shape index (κ3) is 3.96. The minimum absolute atomic E-state index is 0.315. The van der Waals surface area contributed by atoms with Crippen LogP contribution < -0.4 is 15.0 Å². The van der Waals surface area contributed by atoms with Crippen LogP contribution in [0.1, 0.15) is 48.8 Å². The zero-order valence-corrected chi connectivity index (χ0v) is 17.9. The molecular formula is C22H30N4O2S. The van der Waals surface area contributed by atoms with E-state index in [0.29, 0.717) is 6.10 Å². The summed E-state index contributed by atoms with van der Waals surface area (Å²) in [6, 6.07) is 6.37.